The van der Waals surface area contributed by atoms with Crippen molar-refractivity contribution in [3.63, 3.8) is 0 Å². The summed E-state index contributed by atoms with van der Waals surface area (Å²) in [5, 5.41) is 8.41. The van der Waals surface area contributed by atoms with Crippen LogP contribution in [0.4, 0.5) is 13.2 Å². The normalized spacial score (nSPS) is 11.1. The van der Waals surface area contributed by atoms with Gasteiger partial charge in [0, 0.05) is 6.20 Å². The highest BCUT2D eigenvalue weighted by Crippen LogP contribution is 2.24. The Morgan fingerprint density at radius 3 is 2.73 bits per heavy atom. The number of hydrogen-bond donors (Lipinski definition) is 1. The molecule has 0 amide bonds. The van der Waals surface area contributed by atoms with Gasteiger partial charge in [-0.15, -0.1) is 13.2 Å². The van der Waals surface area contributed by atoms with Crippen molar-refractivity contribution in [3.8, 4) is 5.75 Å². The number of carboxylic acids is 1. The predicted molar refractivity (Wildman–Crippen MR) is 42.3 cm³/mol. The molecule has 15 heavy (non-hydrogen) atoms. The zero-order valence-corrected chi connectivity index (χ0v) is 7.28. The van der Waals surface area contributed by atoms with Crippen molar-refractivity contribution < 1.29 is 27.8 Å². The lowest BCUT2D eigenvalue weighted by Crippen LogP contribution is -2.19. The van der Waals surface area contributed by atoms with Gasteiger partial charge in [0.1, 0.15) is 0 Å². The third-order valence-electron chi connectivity index (χ3n) is 1.39. The zero-order chi connectivity index (χ0) is 11.5. The van der Waals surface area contributed by atoms with Gasteiger partial charge in [-0.25, -0.2) is 0 Å². The van der Waals surface area contributed by atoms with Crippen LogP contribution in [0.5, 0.6) is 5.75 Å². The van der Waals surface area contributed by atoms with Crippen molar-refractivity contribution in [2.24, 2.45) is 0 Å². The van der Waals surface area contributed by atoms with Crippen LogP contribution in [0, 0.1) is 0 Å². The molecule has 0 spiro atoms. The molecule has 0 atom stereocenters. The van der Waals surface area contributed by atoms with Gasteiger partial charge in [-0.1, -0.05) is 0 Å². The van der Waals surface area contributed by atoms with E-state index in [9.17, 15) is 18.0 Å². The van der Waals surface area contributed by atoms with Crippen LogP contribution in [0.25, 0.3) is 0 Å². The van der Waals surface area contributed by atoms with E-state index in [-0.39, 0.29) is 5.69 Å². The lowest BCUT2D eigenvalue weighted by atomic mass is 10.2. The van der Waals surface area contributed by atoms with E-state index in [0.29, 0.717) is 0 Å². The number of nitrogens with zero attached hydrogens (tertiary/aromatic N) is 1. The smallest absolute Gasteiger partial charge is 0.481 e. The van der Waals surface area contributed by atoms with Crippen LogP contribution in [0.1, 0.15) is 5.69 Å². The van der Waals surface area contributed by atoms with Crippen LogP contribution in [-0.4, -0.2) is 22.4 Å². The van der Waals surface area contributed by atoms with Crippen molar-refractivity contribution in [3.05, 3.63) is 24.0 Å². The van der Waals surface area contributed by atoms with Gasteiger partial charge in [0.15, 0.2) is 5.75 Å². The number of carboxylic acid groups (broad SMARTS) is 1. The molecular weight excluding hydrogens is 215 g/mol. The number of pyridine rings is 1. The summed E-state index contributed by atoms with van der Waals surface area (Å²) in [6, 6.07) is 2.24. The summed E-state index contributed by atoms with van der Waals surface area (Å²) < 4.78 is 39.2. The maximum Gasteiger partial charge on any atom is 0.573 e. The van der Waals surface area contributed by atoms with Crippen LogP contribution in [-0.2, 0) is 11.2 Å². The van der Waals surface area contributed by atoms with Crippen molar-refractivity contribution >= 4 is 5.97 Å². The Bertz CT molecular complexity index is 364. The predicted octanol–water partition coefficient (Wildman–Crippen LogP) is 1.61. The van der Waals surface area contributed by atoms with Crippen molar-refractivity contribution in [2.75, 3.05) is 0 Å². The third-order valence-corrected chi connectivity index (χ3v) is 1.39. The molecule has 1 rings (SSSR count). The summed E-state index contributed by atoms with van der Waals surface area (Å²) in [4.78, 5) is 13.8. The molecule has 1 heterocycles. The number of aliphatic carboxylic acids is 1. The second-order valence-corrected chi connectivity index (χ2v) is 2.57. The number of aromatic nitrogens is 1. The largest absolute Gasteiger partial charge is 0.573 e. The Hall–Kier alpha value is -1.79. The standard InChI is InChI=1S/C8H6F3NO3/c9-8(10,11)15-6-2-1-3-12-5(6)4-7(13)14/h1-3H,4H2,(H,13,14). The van der Waals surface area contributed by atoms with Crippen molar-refractivity contribution in [1.82, 2.24) is 4.98 Å². The molecule has 4 nitrogen and oxygen atoms in total. The van der Waals surface area contributed by atoms with Gasteiger partial charge < -0.3 is 9.84 Å². The molecule has 0 aliphatic rings. The first kappa shape index (κ1) is 11.3. The van der Waals surface area contributed by atoms with Gasteiger partial charge in [0.25, 0.3) is 0 Å². The topological polar surface area (TPSA) is 59.4 Å². The number of ether oxygens (including phenoxy) is 1. The molecule has 0 aromatic carbocycles. The van der Waals surface area contributed by atoms with Crippen molar-refractivity contribution in [2.45, 2.75) is 12.8 Å². The molecular formula is C8H6F3NO3. The minimum absolute atomic E-state index is 0.262. The molecule has 0 fully saturated rings. The Balaban J connectivity index is 2.91. The Labute approximate surface area is 82.3 Å². The van der Waals surface area contributed by atoms with E-state index in [1.807, 2.05) is 0 Å². The first-order chi connectivity index (χ1) is 6.88. The molecule has 0 unspecified atom stereocenters. The maximum absolute atomic E-state index is 11.9. The number of alkyl halides is 3. The molecule has 1 aromatic rings. The zero-order valence-electron chi connectivity index (χ0n) is 7.28. The van der Waals surface area contributed by atoms with E-state index in [4.69, 9.17) is 5.11 Å². The summed E-state index contributed by atoms with van der Waals surface area (Å²) in [5.41, 5.74) is -0.262. The number of halogens is 3. The molecule has 1 aromatic heterocycles. The highest BCUT2D eigenvalue weighted by molar-refractivity contribution is 5.70. The Kier molecular flexibility index (Phi) is 3.13. The lowest BCUT2D eigenvalue weighted by Gasteiger charge is -2.10. The van der Waals surface area contributed by atoms with Gasteiger partial charge in [0.2, 0.25) is 0 Å². The van der Waals surface area contributed by atoms with Crippen LogP contribution in [0.2, 0.25) is 0 Å². The summed E-state index contributed by atoms with van der Waals surface area (Å²) in [6.07, 6.45) is -4.27. The Morgan fingerprint density at radius 1 is 1.53 bits per heavy atom. The minimum Gasteiger partial charge on any atom is -0.481 e. The molecule has 0 saturated carbocycles. The first-order valence-electron chi connectivity index (χ1n) is 3.80. The molecule has 0 aliphatic heterocycles. The van der Waals surface area contributed by atoms with Crippen LogP contribution < -0.4 is 4.74 Å². The van der Waals surface area contributed by atoms with Crippen LogP contribution in [0.15, 0.2) is 18.3 Å². The molecule has 0 saturated heterocycles. The van der Waals surface area contributed by atoms with Crippen LogP contribution >= 0.6 is 0 Å². The number of rotatable bonds is 3. The maximum atomic E-state index is 11.9. The summed E-state index contributed by atoms with van der Waals surface area (Å²) >= 11 is 0. The highest BCUT2D eigenvalue weighted by atomic mass is 19.4. The highest BCUT2D eigenvalue weighted by Gasteiger charge is 2.32. The minimum atomic E-state index is -4.85. The van der Waals surface area contributed by atoms with Crippen LogP contribution in [0.3, 0.4) is 0 Å². The van der Waals surface area contributed by atoms with Gasteiger partial charge in [-0.3, -0.25) is 9.78 Å². The molecule has 1 N–H and O–H groups in total. The average molecular weight is 221 g/mol. The summed E-state index contributed by atoms with van der Waals surface area (Å²) in [7, 11) is 0. The third kappa shape index (κ3) is 3.84. The fourth-order valence-electron chi connectivity index (χ4n) is 0.917. The fourth-order valence-corrected chi connectivity index (χ4v) is 0.917. The Morgan fingerprint density at radius 2 is 2.20 bits per heavy atom. The molecule has 0 bridgehead atoms. The van der Waals surface area contributed by atoms with E-state index in [2.05, 4.69) is 9.72 Å². The van der Waals surface area contributed by atoms with Gasteiger partial charge in [0.05, 0.1) is 12.1 Å². The second-order valence-electron chi connectivity index (χ2n) is 2.57. The van der Waals surface area contributed by atoms with E-state index in [1.165, 1.54) is 12.3 Å². The van der Waals surface area contributed by atoms with E-state index in [1.54, 1.807) is 0 Å². The lowest BCUT2D eigenvalue weighted by molar-refractivity contribution is -0.275. The first-order valence-corrected chi connectivity index (χ1v) is 3.80. The summed E-state index contributed by atoms with van der Waals surface area (Å²) in [6.45, 7) is 0. The second kappa shape index (κ2) is 4.16. The van der Waals surface area contributed by atoms with E-state index in [0.717, 1.165) is 6.07 Å². The molecule has 0 radical (unpaired) electrons. The van der Waals surface area contributed by atoms with E-state index < -0.39 is 24.5 Å². The quantitative estimate of drug-likeness (QED) is 0.842. The average Bonchev–Trinajstić information content (AvgIpc) is 2.05. The van der Waals surface area contributed by atoms with Gasteiger partial charge in [-0.05, 0) is 12.1 Å². The monoisotopic (exact) mass is 221 g/mol. The molecule has 82 valence electrons. The number of hydrogen-bond acceptors (Lipinski definition) is 3. The van der Waals surface area contributed by atoms with Crippen molar-refractivity contribution in [1.29, 1.82) is 0 Å². The number of carbonyl (C=O) groups is 1. The summed E-state index contributed by atoms with van der Waals surface area (Å²) in [5.74, 6) is -1.87. The molecule has 0 aliphatic carbocycles. The molecule has 7 heteroatoms. The SMILES string of the molecule is O=C(O)Cc1ncccc1OC(F)(F)F. The van der Waals surface area contributed by atoms with Gasteiger partial charge >= 0.3 is 12.3 Å². The fraction of sp³-hybridized carbons (Fsp3) is 0.250. The van der Waals surface area contributed by atoms with Gasteiger partial charge in [-0.2, -0.15) is 0 Å². The van der Waals surface area contributed by atoms with E-state index >= 15 is 0 Å².